The fraction of sp³-hybridized carbons (Fsp3) is 0.0833. The summed E-state index contributed by atoms with van der Waals surface area (Å²) >= 11 is 3.29. The van der Waals surface area contributed by atoms with Gasteiger partial charge >= 0.3 is 0 Å². The van der Waals surface area contributed by atoms with Gasteiger partial charge in [-0.05, 0) is 17.7 Å². The number of H-pyrrole nitrogens is 1. The molecule has 0 aliphatic carbocycles. The SMILES string of the molecule is O=c1[nH]ccc(CBr)c1-c1ccccc1F. The first-order valence-electron chi connectivity index (χ1n) is 4.75. The number of pyridine rings is 1. The van der Waals surface area contributed by atoms with E-state index in [9.17, 15) is 9.18 Å². The Morgan fingerprint density at radius 1 is 1.25 bits per heavy atom. The van der Waals surface area contributed by atoms with Crippen LogP contribution in [0.25, 0.3) is 11.1 Å². The predicted molar refractivity (Wildman–Crippen MR) is 65.1 cm³/mol. The quantitative estimate of drug-likeness (QED) is 0.844. The van der Waals surface area contributed by atoms with Crippen molar-refractivity contribution in [1.29, 1.82) is 0 Å². The van der Waals surface area contributed by atoms with Crippen molar-refractivity contribution >= 4 is 15.9 Å². The van der Waals surface area contributed by atoms with Crippen LogP contribution in [0.4, 0.5) is 4.39 Å². The second-order valence-electron chi connectivity index (χ2n) is 3.32. The average Bonchev–Trinajstić information content (AvgIpc) is 2.30. The molecule has 2 aromatic rings. The molecule has 0 fully saturated rings. The van der Waals surface area contributed by atoms with E-state index in [2.05, 4.69) is 20.9 Å². The summed E-state index contributed by atoms with van der Waals surface area (Å²) in [6.45, 7) is 0. The Hall–Kier alpha value is -1.42. The number of hydrogen-bond acceptors (Lipinski definition) is 1. The molecule has 1 N–H and O–H groups in total. The van der Waals surface area contributed by atoms with Gasteiger partial charge in [-0.15, -0.1) is 0 Å². The number of aromatic amines is 1. The largest absolute Gasteiger partial charge is 0.329 e. The van der Waals surface area contributed by atoms with Crippen molar-refractivity contribution in [2.75, 3.05) is 0 Å². The third kappa shape index (κ3) is 1.93. The van der Waals surface area contributed by atoms with E-state index in [1.165, 1.54) is 6.07 Å². The summed E-state index contributed by atoms with van der Waals surface area (Å²) < 4.78 is 13.6. The van der Waals surface area contributed by atoms with Crippen LogP contribution in [-0.2, 0) is 5.33 Å². The van der Waals surface area contributed by atoms with E-state index in [0.29, 0.717) is 16.5 Å². The summed E-state index contributed by atoms with van der Waals surface area (Å²) in [5.74, 6) is -0.388. The highest BCUT2D eigenvalue weighted by Crippen LogP contribution is 2.23. The summed E-state index contributed by atoms with van der Waals surface area (Å²) in [6.07, 6.45) is 1.56. The first-order valence-corrected chi connectivity index (χ1v) is 5.87. The van der Waals surface area contributed by atoms with Crippen molar-refractivity contribution < 1.29 is 4.39 Å². The zero-order valence-electron chi connectivity index (χ0n) is 8.34. The molecule has 0 amide bonds. The molecule has 0 unspecified atom stereocenters. The van der Waals surface area contributed by atoms with Gasteiger partial charge in [0.25, 0.3) is 5.56 Å². The van der Waals surface area contributed by atoms with Crippen LogP contribution >= 0.6 is 15.9 Å². The van der Waals surface area contributed by atoms with Gasteiger partial charge in [0.1, 0.15) is 5.82 Å². The van der Waals surface area contributed by atoms with E-state index >= 15 is 0 Å². The van der Waals surface area contributed by atoms with Crippen molar-refractivity contribution in [1.82, 2.24) is 4.98 Å². The minimum Gasteiger partial charge on any atom is -0.329 e. The molecule has 0 aliphatic heterocycles. The first kappa shape index (κ1) is 11.1. The molecule has 0 aliphatic rings. The van der Waals surface area contributed by atoms with Crippen molar-refractivity contribution in [2.24, 2.45) is 0 Å². The number of nitrogens with one attached hydrogen (secondary N) is 1. The van der Waals surface area contributed by atoms with Crippen LogP contribution in [0.1, 0.15) is 5.56 Å². The van der Waals surface area contributed by atoms with Gasteiger partial charge in [0.05, 0.1) is 5.56 Å². The molecule has 1 heterocycles. The molecule has 4 heteroatoms. The van der Waals surface area contributed by atoms with E-state index in [1.807, 2.05) is 0 Å². The minimum absolute atomic E-state index is 0.276. The van der Waals surface area contributed by atoms with Crippen molar-refractivity contribution in [3.63, 3.8) is 0 Å². The van der Waals surface area contributed by atoms with Gasteiger partial charge in [0, 0.05) is 17.1 Å². The Balaban J connectivity index is 2.73. The molecular weight excluding hydrogens is 273 g/mol. The third-order valence-electron chi connectivity index (χ3n) is 2.33. The van der Waals surface area contributed by atoms with E-state index < -0.39 is 0 Å². The Bertz CT molecular complexity index is 565. The van der Waals surface area contributed by atoms with Crippen molar-refractivity contribution in [3.05, 3.63) is 58.3 Å². The normalized spacial score (nSPS) is 10.4. The summed E-state index contributed by atoms with van der Waals surface area (Å²) in [6, 6.07) is 8.02. The highest BCUT2D eigenvalue weighted by atomic mass is 79.9. The van der Waals surface area contributed by atoms with Crippen LogP contribution in [0.15, 0.2) is 41.3 Å². The third-order valence-corrected chi connectivity index (χ3v) is 2.94. The number of benzene rings is 1. The predicted octanol–water partition coefficient (Wildman–Crippen LogP) is 3.08. The van der Waals surface area contributed by atoms with Crippen molar-refractivity contribution in [2.45, 2.75) is 5.33 Å². The van der Waals surface area contributed by atoms with Crippen LogP contribution in [0, 0.1) is 5.82 Å². The van der Waals surface area contributed by atoms with E-state index in [0.717, 1.165) is 5.56 Å². The fourth-order valence-corrected chi connectivity index (χ4v) is 2.06. The van der Waals surface area contributed by atoms with Gasteiger partial charge in [-0.3, -0.25) is 4.79 Å². The zero-order valence-corrected chi connectivity index (χ0v) is 9.92. The lowest BCUT2D eigenvalue weighted by Crippen LogP contribution is -2.11. The molecular formula is C12H9BrFNO. The Kier molecular flexibility index (Phi) is 3.19. The van der Waals surface area contributed by atoms with Crippen LogP contribution in [-0.4, -0.2) is 4.98 Å². The number of alkyl halides is 1. The Labute approximate surface area is 100 Å². The van der Waals surface area contributed by atoms with Crippen LogP contribution in [0.3, 0.4) is 0 Å². The number of aromatic nitrogens is 1. The maximum atomic E-state index is 13.6. The van der Waals surface area contributed by atoms with Crippen LogP contribution in [0.2, 0.25) is 0 Å². The smallest absolute Gasteiger partial charge is 0.256 e. The van der Waals surface area contributed by atoms with E-state index in [4.69, 9.17) is 0 Å². The summed E-state index contributed by atoms with van der Waals surface area (Å²) in [7, 11) is 0. The maximum Gasteiger partial charge on any atom is 0.256 e. The first-order chi connectivity index (χ1) is 7.74. The lowest BCUT2D eigenvalue weighted by molar-refractivity contribution is 0.631. The summed E-state index contributed by atoms with van der Waals surface area (Å²) in [4.78, 5) is 14.3. The molecule has 0 bridgehead atoms. The topological polar surface area (TPSA) is 32.9 Å². The molecule has 0 saturated heterocycles. The minimum atomic E-state index is -0.388. The maximum absolute atomic E-state index is 13.6. The molecule has 0 spiro atoms. The van der Waals surface area contributed by atoms with Gasteiger partial charge in [0.15, 0.2) is 0 Å². The van der Waals surface area contributed by atoms with Crippen LogP contribution in [0.5, 0.6) is 0 Å². The lowest BCUT2D eigenvalue weighted by Gasteiger charge is -2.06. The van der Waals surface area contributed by atoms with Gasteiger partial charge < -0.3 is 4.98 Å². The van der Waals surface area contributed by atoms with Gasteiger partial charge in [0.2, 0.25) is 0 Å². The van der Waals surface area contributed by atoms with Gasteiger partial charge in [-0.1, -0.05) is 34.1 Å². The monoisotopic (exact) mass is 281 g/mol. The molecule has 0 radical (unpaired) electrons. The highest BCUT2D eigenvalue weighted by molar-refractivity contribution is 9.08. The van der Waals surface area contributed by atoms with Gasteiger partial charge in [-0.2, -0.15) is 0 Å². The molecule has 2 nitrogen and oxygen atoms in total. The molecule has 82 valence electrons. The molecule has 0 saturated carbocycles. The Morgan fingerprint density at radius 3 is 2.69 bits per heavy atom. The second kappa shape index (κ2) is 4.61. The highest BCUT2D eigenvalue weighted by Gasteiger charge is 2.12. The zero-order chi connectivity index (χ0) is 11.5. The molecule has 1 aromatic carbocycles. The second-order valence-corrected chi connectivity index (χ2v) is 3.88. The molecule has 16 heavy (non-hydrogen) atoms. The fourth-order valence-electron chi connectivity index (χ4n) is 1.59. The molecule has 0 atom stereocenters. The number of halogens is 2. The number of hydrogen-bond donors (Lipinski definition) is 1. The summed E-state index contributed by atoms with van der Waals surface area (Å²) in [5.41, 5.74) is 1.21. The molecule has 1 aromatic heterocycles. The standard InChI is InChI=1S/C12H9BrFNO/c13-7-8-5-6-15-12(16)11(8)9-3-1-2-4-10(9)14/h1-6H,7H2,(H,15,16). The summed E-state index contributed by atoms with van der Waals surface area (Å²) in [5, 5.41) is 0.514. The van der Waals surface area contributed by atoms with Crippen molar-refractivity contribution in [3.8, 4) is 11.1 Å². The Morgan fingerprint density at radius 2 is 2.00 bits per heavy atom. The van der Waals surface area contributed by atoms with E-state index in [1.54, 1.807) is 30.5 Å². The van der Waals surface area contributed by atoms with Gasteiger partial charge in [-0.25, -0.2) is 4.39 Å². The lowest BCUT2D eigenvalue weighted by atomic mass is 10.0. The van der Waals surface area contributed by atoms with Crippen LogP contribution < -0.4 is 5.56 Å². The molecule has 2 rings (SSSR count). The van der Waals surface area contributed by atoms with E-state index in [-0.39, 0.29) is 11.4 Å². The number of rotatable bonds is 2. The average molecular weight is 282 g/mol.